The van der Waals surface area contributed by atoms with Crippen LogP contribution in [0.5, 0.6) is 0 Å². The van der Waals surface area contributed by atoms with Crippen LogP contribution in [0, 0.1) is 13.8 Å². The summed E-state index contributed by atoms with van der Waals surface area (Å²) in [6.07, 6.45) is 0. The highest BCUT2D eigenvalue weighted by atomic mass is 15.4. The minimum Gasteiger partial charge on any atom is -0.259 e. The predicted molar refractivity (Wildman–Crippen MR) is 104 cm³/mol. The van der Waals surface area contributed by atoms with Crippen molar-refractivity contribution in [2.24, 2.45) is 10.2 Å². The van der Waals surface area contributed by atoms with Crippen LogP contribution in [-0.2, 0) is 5.41 Å². The molecule has 3 aromatic heterocycles. The first-order valence-corrected chi connectivity index (χ1v) is 8.82. The van der Waals surface area contributed by atoms with Gasteiger partial charge < -0.3 is 0 Å². The van der Waals surface area contributed by atoms with Crippen molar-refractivity contribution in [1.29, 1.82) is 0 Å². The Morgan fingerprint density at radius 3 is 2.41 bits per heavy atom. The molecule has 4 rings (SSSR count). The predicted octanol–water partition coefficient (Wildman–Crippen LogP) is 4.78. The van der Waals surface area contributed by atoms with Crippen molar-refractivity contribution >= 4 is 17.2 Å². The van der Waals surface area contributed by atoms with Crippen LogP contribution in [0.3, 0.4) is 0 Å². The van der Waals surface area contributed by atoms with E-state index in [2.05, 4.69) is 56.5 Å². The van der Waals surface area contributed by atoms with Crippen LogP contribution in [0.1, 0.15) is 38.0 Å². The topological polar surface area (TPSA) is 99.4 Å². The molecule has 8 nitrogen and oxygen atoms in total. The number of rotatable bonds is 3. The SMILES string of the molecule is Cc1n[nH]c(N=Nc2c(C(C)(C)C)nn3c(C)n[nH]c23)c1-c1ccccc1. The van der Waals surface area contributed by atoms with E-state index in [4.69, 9.17) is 0 Å². The molecule has 0 fully saturated rings. The lowest BCUT2D eigenvalue weighted by atomic mass is 9.91. The number of aromatic nitrogens is 6. The minimum atomic E-state index is -0.181. The first-order chi connectivity index (χ1) is 12.9. The molecular weight excluding hydrogens is 340 g/mol. The summed E-state index contributed by atoms with van der Waals surface area (Å²) in [6, 6.07) is 10.0. The largest absolute Gasteiger partial charge is 0.259 e. The number of fused-ring (bicyclic) bond motifs is 1. The minimum absolute atomic E-state index is 0.181. The van der Waals surface area contributed by atoms with E-state index in [0.29, 0.717) is 11.5 Å². The molecule has 0 atom stereocenters. The normalized spacial score (nSPS) is 12.5. The summed E-state index contributed by atoms with van der Waals surface area (Å²) >= 11 is 0. The maximum atomic E-state index is 4.68. The van der Waals surface area contributed by atoms with Crippen LogP contribution in [0.4, 0.5) is 11.5 Å². The van der Waals surface area contributed by atoms with Gasteiger partial charge in [0, 0.05) is 5.41 Å². The van der Waals surface area contributed by atoms with Crippen LogP contribution < -0.4 is 0 Å². The van der Waals surface area contributed by atoms with E-state index >= 15 is 0 Å². The van der Waals surface area contributed by atoms with Crippen molar-refractivity contribution < 1.29 is 0 Å². The third-order valence-corrected chi connectivity index (χ3v) is 4.44. The van der Waals surface area contributed by atoms with E-state index in [9.17, 15) is 0 Å². The lowest BCUT2D eigenvalue weighted by Gasteiger charge is -2.15. The Balaban J connectivity index is 1.83. The first-order valence-electron chi connectivity index (χ1n) is 8.82. The van der Waals surface area contributed by atoms with Gasteiger partial charge in [0.1, 0.15) is 5.82 Å². The van der Waals surface area contributed by atoms with E-state index in [-0.39, 0.29) is 5.41 Å². The van der Waals surface area contributed by atoms with Gasteiger partial charge in [-0.25, -0.2) is 0 Å². The van der Waals surface area contributed by atoms with Gasteiger partial charge in [0.2, 0.25) is 0 Å². The summed E-state index contributed by atoms with van der Waals surface area (Å²) < 4.78 is 1.77. The Morgan fingerprint density at radius 1 is 0.963 bits per heavy atom. The monoisotopic (exact) mass is 362 g/mol. The number of benzene rings is 1. The number of nitrogens with one attached hydrogen (secondary N) is 2. The highest BCUT2D eigenvalue weighted by Gasteiger charge is 2.26. The quantitative estimate of drug-likeness (QED) is 0.513. The molecule has 0 unspecified atom stereocenters. The maximum Gasteiger partial charge on any atom is 0.179 e. The molecule has 1 aromatic carbocycles. The van der Waals surface area contributed by atoms with Crippen molar-refractivity contribution in [3.05, 3.63) is 47.5 Å². The molecule has 0 saturated carbocycles. The molecule has 0 spiro atoms. The van der Waals surface area contributed by atoms with E-state index in [1.807, 2.05) is 44.2 Å². The fourth-order valence-electron chi connectivity index (χ4n) is 3.07. The van der Waals surface area contributed by atoms with Gasteiger partial charge in [0.05, 0.1) is 17.0 Å². The van der Waals surface area contributed by atoms with Crippen molar-refractivity contribution in [3.63, 3.8) is 0 Å². The molecule has 3 heterocycles. The molecule has 2 N–H and O–H groups in total. The molecule has 4 aromatic rings. The fourth-order valence-corrected chi connectivity index (χ4v) is 3.07. The smallest absolute Gasteiger partial charge is 0.179 e. The average Bonchev–Trinajstić information content (AvgIpc) is 3.28. The van der Waals surface area contributed by atoms with Gasteiger partial charge >= 0.3 is 0 Å². The zero-order valence-electron chi connectivity index (χ0n) is 16.1. The van der Waals surface area contributed by atoms with Gasteiger partial charge in [-0.1, -0.05) is 51.1 Å². The van der Waals surface area contributed by atoms with Gasteiger partial charge in [-0.15, -0.1) is 10.2 Å². The molecule has 27 heavy (non-hydrogen) atoms. The van der Waals surface area contributed by atoms with Crippen molar-refractivity contribution in [2.45, 2.75) is 40.0 Å². The highest BCUT2D eigenvalue weighted by Crippen LogP contribution is 2.36. The Hall–Kier alpha value is -3.29. The van der Waals surface area contributed by atoms with Crippen molar-refractivity contribution in [1.82, 2.24) is 30.0 Å². The summed E-state index contributed by atoms with van der Waals surface area (Å²) in [5.41, 5.74) is 4.98. The molecule has 0 saturated heterocycles. The summed E-state index contributed by atoms with van der Waals surface area (Å²) in [7, 11) is 0. The van der Waals surface area contributed by atoms with Gasteiger partial charge in [-0.3, -0.25) is 10.2 Å². The lowest BCUT2D eigenvalue weighted by molar-refractivity contribution is 0.561. The maximum absolute atomic E-state index is 4.68. The fraction of sp³-hybridized carbons (Fsp3) is 0.316. The Morgan fingerprint density at radius 2 is 1.70 bits per heavy atom. The van der Waals surface area contributed by atoms with E-state index < -0.39 is 0 Å². The second-order valence-electron chi connectivity index (χ2n) is 7.58. The van der Waals surface area contributed by atoms with Crippen LogP contribution in [0.25, 0.3) is 16.8 Å². The van der Waals surface area contributed by atoms with Gasteiger partial charge in [-0.05, 0) is 19.4 Å². The number of nitrogens with zero attached hydrogens (tertiary/aromatic N) is 6. The number of azo groups is 1. The van der Waals surface area contributed by atoms with Crippen molar-refractivity contribution in [2.75, 3.05) is 0 Å². The molecule has 0 aliphatic carbocycles. The standard InChI is InChI=1S/C19H22N8/c1-11-14(13-9-7-6-8-10-13)17(23-20-11)24-22-15-16(19(3,4)5)26-27-12(2)21-25-18(15)27/h6-10,25H,1-5H3,(H,20,23). The van der Waals surface area contributed by atoms with Gasteiger partial charge in [0.25, 0.3) is 0 Å². The van der Waals surface area contributed by atoms with Crippen LogP contribution in [0.15, 0.2) is 40.6 Å². The van der Waals surface area contributed by atoms with Crippen LogP contribution >= 0.6 is 0 Å². The molecular formula is C19H22N8. The number of hydrogen-bond donors (Lipinski definition) is 2. The summed E-state index contributed by atoms with van der Waals surface area (Å²) in [5.74, 6) is 1.40. The summed E-state index contributed by atoms with van der Waals surface area (Å²) in [4.78, 5) is 0. The Bertz CT molecular complexity index is 1120. The highest BCUT2D eigenvalue weighted by molar-refractivity contribution is 5.76. The third-order valence-electron chi connectivity index (χ3n) is 4.44. The molecule has 0 aliphatic rings. The van der Waals surface area contributed by atoms with Gasteiger partial charge in [0.15, 0.2) is 17.2 Å². The Labute approximate surface area is 156 Å². The number of hydrogen-bond acceptors (Lipinski definition) is 5. The third kappa shape index (κ3) is 2.92. The molecule has 0 radical (unpaired) electrons. The molecule has 0 aliphatic heterocycles. The average molecular weight is 362 g/mol. The van der Waals surface area contributed by atoms with E-state index in [1.54, 1.807) is 4.52 Å². The number of H-pyrrole nitrogens is 2. The molecule has 138 valence electrons. The summed E-state index contributed by atoms with van der Waals surface area (Å²) in [5, 5.41) is 28.2. The van der Waals surface area contributed by atoms with E-state index in [1.165, 1.54) is 0 Å². The van der Waals surface area contributed by atoms with Gasteiger partial charge in [-0.2, -0.15) is 19.8 Å². The Kier molecular flexibility index (Phi) is 3.91. The number of aromatic amines is 2. The zero-order chi connectivity index (χ0) is 19.2. The first kappa shape index (κ1) is 17.1. The zero-order valence-corrected chi connectivity index (χ0v) is 16.1. The summed E-state index contributed by atoms with van der Waals surface area (Å²) in [6.45, 7) is 10.2. The van der Waals surface area contributed by atoms with Crippen LogP contribution in [-0.4, -0.2) is 30.0 Å². The van der Waals surface area contributed by atoms with E-state index in [0.717, 1.165) is 34.0 Å². The lowest BCUT2D eigenvalue weighted by Crippen LogP contribution is -2.12. The second kappa shape index (κ2) is 6.15. The molecule has 8 heteroatoms. The second-order valence-corrected chi connectivity index (χ2v) is 7.58. The van der Waals surface area contributed by atoms with Crippen LogP contribution in [0.2, 0.25) is 0 Å². The van der Waals surface area contributed by atoms with Crippen molar-refractivity contribution in [3.8, 4) is 11.1 Å². The number of aryl methyl sites for hydroxylation is 2. The molecule has 0 amide bonds. The molecule has 0 bridgehead atoms.